The number of anilines is 2. The van der Waals surface area contributed by atoms with Gasteiger partial charge in [0, 0.05) is 39.3 Å². The van der Waals surface area contributed by atoms with Gasteiger partial charge in [-0.05, 0) is 41.7 Å². The van der Waals surface area contributed by atoms with Gasteiger partial charge < -0.3 is 19.1 Å². The van der Waals surface area contributed by atoms with Crippen LogP contribution in [0.15, 0.2) is 27.4 Å². The maximum atomic E-state index is 12.6. The normalized spacial score (nSPS) is 18.1. The number of carbonyl (C=O) groups excluding carboxylic acids is 1. The molecule has 3 aromatic rings. The van der Waals surface area contributed by atoms with Crippen LogP contribution in [-0.4, -0.2) is 70.4 Å². The van der Waals surface area contributed by atoms with Crippen LogP contribution in [0.3, 0.4) is 0 Å². The van der Waals surface area contributed by atoms with E-state index in [2.05, 4.69) is 25.1 Å². The van der Waals surface area contributed by atoms with E-state index in [9.17, 15) is 4.79 Å². The van der Waals surface area contributed by atoms with Crippen molar-refractivity contribution in [2.45, 2.75) is 19.3 Å². The van der Waals surface area contributed by atoms with Crippen LogP contribution >= 0.6 is 0 Å². The summed E-state index contributed by atoms with van der Waals surface area (Å²) in [6, 6.07) is 3.43. The molecule has 2 aliphatic rings. The minimum absolute atomic E-state index is 0.0751. The lowest BCUT2D eigenvalue weighted by molar-refractivity contribution is 0.0735. The number of nitrogens with zero attached hydrogens (tertiary/aromatic N) is 7. The maximum absolute atomic E-state index is 12.6. The van der Waals surface area contributed by atoms with Gasteiger partial charge in [-0.25, -0.2) is 14.6 Å². The largest absolute Gasteiger partial charge is 0.459 e. The van der Waals surface area contributed by atoms with Gasteiger partial charge >= 0.3 is 0 Å². The summed E-state index contributed by atoms with van der Waals surface area (Å²) >= 11 is 0. The molecule has 28 heavy (non-hydrogen) atoms. The second-order valence-corrected chi connectivity index (χ2v) is 7.09. The number of furan rings is 1. The molecule has 0 bridgehead atoms. The minimum Gasteiger partial charge on any atom is -0.459 e. The lowest BCUT2D eigenvalue weighted by Crippen LogP contribution is -2.36. The number of amides is 1. The monoisotopic (exact) mass is 383 g/mol. The predicted octanol–water partition coefficient (Wildman–Crippen LogP) is 1.56. The zero-order valence-corrected chi connectivity index (χ0v) is 15.5. The Bertz CT molecular complexity index is 965. The van der Waals surface area contributed by atoms with Crippen molar-refractivity contribution in [3.63, 3.8) is 0 Å². The molecule has 0 spiro atoms. The van der Waals surface area contributed by atoms with Gasteiger partial charge in [0.05, 0.1) is 6.26 Å². The standard InChI is InChI=1S/C18H21N7O3/c26-18(13-5-3-12-27-13)25-9-4-8-24(10-11-25)17-16(23-6-1-2-7-23)19-14-15(20-17)22-28-21-14/h3,5,12H,1-2,4,6-11H2. The molecule has 0 unspecified atom stereocenters. The van der Waals surface area contributed by atoms with Crippen LogP contribution < -0.4 is 9.80 Å². The molecule has 2 fully saturated rings. The van der Waals surface area contributed by atoms with E-state index in [4.69, 9.17) is 14.0 Å². The third-order valence-corrected chi connectivity index (χ3v) is 5.30. The van der Waals surface area contributed by atoms with Crippen LogP contribution in [0.25, 0.3) is 11.3 Å². The van der Waals surface area contributed by atoms with Crippen LogP contribution in [0.2, 0.25) is 0 Å². The fourth-order valence-corrected chi connectivity index (χ4v) is 3.86. The summed E-state index contributed by atoms with van der Waals surface area (Å²) in [6.07, 6.45) is 4.64. The summed E-state index contributed by atoms with van der Waals surface area (Å²) in [6.45, 7) is 4.63. The van der Waals surface area contributed by atoms with Gasteiger partial charge in [0.15, 0.2) is 17.4 Å². The van der Waals surface area contributed by atoms with E-state index in [1.165, 1.54) is 6.26 Å². The van der Waals surface area contributed by atoms with E-state index < -0.39 is 0 Å². The van der Waals surface area contributed by atoms with Gasteiger partial charge in [-0.1, -0.05) is 0 Å². The fraction of sp³-hybridized carbons (Fsp3) is 0.500. The van der Waals surface area contributed by atoms with Crippen LogP contribution in [-0.2, 0) is 0 Å². The molecule has 0 aliphatic carbocycles. The van der Waals surface area contributed by atoms with E-state index in [0.717, 1.165) is 50.5 Å². The Kier molecular flexibility index (Phi) is 4.30. The van der Waals surface area contributed by atoms with Crippen molar-refractivity contribution in [3.8, 4) is 0 Å². The molecule has 2 saturated heterocycles. The first-order chi connectivity index (χ1) is 13.8. The van der Waals surface area contributed by atoms with Crippen molar-refractivity contribution in [1.29, 1.82) is 0 Å². The first-order valence-corrected chi connectivity index (χ1v) is 9.62. The highest BCUT2D eigenvalue weighted by molar-refractivity contribution is 5.91. The third-order valence-electron chi connectivity index (χ3n) is 5.30. The first kappa shape index (κ1) is 17.0. The topological polar surface area (TPSA) is 105 Å². The second kappa shape index (κ2) is 7.10. The summed E-state index contributed by atoms with van der Waals surface area (Å²) in [7, 11) is 0. The lowest BCUT2D eigenvalue weighted by Gasteiger charge is -2.27. The number of hydrogen-bond acceptors (Lipinski definition) is 9. The second-order valence-electron chi connectivity index (χ2n) is 7.09. The molecule has 10 nitrogen and oxygen atoms in total. The molecule has 3 aromatic heterocycles. The number of hydrogen-bond donors (Lipinski definition) is 0. The van der Waals surface area contributed by atoms with Gasteiger partial charge in [0.2, 0.25) is 11.3 Å². The molecule has 10 heteroatoms. The van der Waals surface area contributed by atoms with Crippen molar-refractivity contribution in [2.24, 2.45) is 0 Å². The van der Waals surface area contributed by atoms with Gasteiger partial charge in [-0.3, -0.25) is 4.79 Å². The summed E-state index contributed by atoms with van der Waals surface area (Å²) < 4.78 is 10.1. The molecule has 0 atom stereocenters. The summed E-state index contributed by atoms with van der Waals surface area (Å²) in [4.78, 5) is 28.3. The van der Waals surface area contributed by atoms with Crippen molar-refractivity contribution in [2.75, 3.05) is 49.1 Å². The molecule has 0 saturated carbocycles. The molecule has 1 amide bonds. The van der Waals surface area contributed by atoms with E-state index in [1.54, 1.807) is 12.1 Å². The maximum Gasteiger partial charge on any atom is 0.289 e. The van der Waals surface area contributed by atoms with Crippen molar-refractivity contribution < 1.29 is 13.8 Å². The van der Waals surface area contributed by atoms with E-state index >= 15 is 0 Å². The number of carbonyl (C=O) groups is 1. The Labute approximate surface area is 161 Å². The van der Waals surface area contributed by atoms with Crippen molar-refractivity contribution in [1.82, 2.24) is 25.2 Å². The highest BCUT2D eigenvalue weighted by Crippen LogP contribution is 2.30. The smallest absolute Gasteiger partial charge is 0.289 e. The van der Waals surface area contributed by atoms with Gasteiger partial charge in [-0.2, -0.15) is 0 Å². The zero-order valence-electron chi connectivity index (χ0n) is 15.5. The average Bonchev–Trinajstić information content (AvgIpc) is 3.46. The SMILES string of the molecule is O=C(c1ccco1)N1CCCN(c2nc3nonc3nc2N2CCCC2)CC1. The number of rotatable bonds is 3. The summed E-state index contributed by atoms with van der Waals surface area (Å²) in [5.41, 5.74) is 0.834. The molecule has 5 heterocycles. The lowest BCUT2D eigenvalue weighted by atomic mass is 10.3. The molecule has 0 radical (unpaired) electrons. The van der Waals surface area contributed by atoms with Gasteiger partial charge in [0.1, 0.15) is 0 Å². The Balaban J connectivity index is 1.41. The molecule has 0 N–H and O–H groups in total. The van der Waals surface area contributed by atoms with Gasteiger partial charge in [-0.15, -0.1) is 0 Å². The molecule has 0 aromatic carbocycles. The minimum atomic E-state index is -0.0751. The molecular weight excluding hydrogens is 362 g/mol. The highest BCUT2D eigenvalue weighted by atomic mass is 16.6. The Morgan fingerprint density at radius 2 is 1.54 bits per heavy atom. The van der Waals surface area contributed by atoms with Crippen LogP contribution in [0.5, 0.6) is 0 Å². The molecule has 2 aliphatic heterocycles. The van der Waals surface area contributed by atoms with E-state index in [1.807, 2.05) is 4.90 Å². The fourth-order valence-electron chi connectivity index (χ4n) is 3.86. The van der Waals surface area contributed by atoms with Gasteiger partial charge in [0.25, 0.3) is 5.91 Å². The summed E-state index contributed by atoms with van der Waals surface area (Å²) in [5.74, 6) is 1.92. The Hall–Kier alpha value is -3.17. The van der Waals surface area contributed by atoms with Crippen LogP contribution in [0.4, 0.5) is 11.6 Å². The third kappa shape index (κ3) is 3.04. The van der Waals surface area contributed by atoms with Crippen LogP contribution in [0.1, 0.15) is 29.8 Å². The Morgan fingerprint density at radius 1 is 0.857 bits per heavy atom. The predicted molar refractivity (Wildman–Crippen MR) is 100 cm³/mol. The highest BCUT2D eigenvalue weighted by Gasteiger charge is 2.27. The molecular formula is C18H21N7O3. The molecule has 5 rings (SSSR count). The van der Waals surface area contributed by atoms with Crippen molar-refractivity contribution in [3.05, 3.63) is 24.2 Å². The van der Waals surface area contributed by atoms with Crippen molar-refractivity contribution >= 4 is 28.8 Å². The number of aromatic nitrogens is 4. The Morgan fingerprint density at radius 3 is 2.21 bits per heavy atom. The first-order valence-electron chi connectivity index (χ1n) is 9.62. The number of fused-ring (bicyclic) bond motifs is 1. The quantitative estimate of drug-likeness (QED) is 0.666. The van der Waals surface area contributed by atoms with Crippen LogP contribution in [0, 0.1) is 0 Å². The molecule has 146 valence electrons. The van der Waals surface area contributed by atoms with E-state index in [-0.39, 0.29) is 5.91 Å². The van der Waals surface area contributed by atoms with E-state index in [0.29, 0.717) is 36.7 Å². The summed E-state index contributed by atoms with van der Waals surface area (Å²) in [5, 5.41) is 7.71. The zero-order chi connectivity index (χ0) is 18.9. The average molecular weight is 383 g/mol.